The molecule has 1 aromatic heterocycles. The monoisotopic (exact) mass is 256 g/mol. The predicted octanol–water partition coefficient (Wildman–Crippen LogP) is 2.62. The van der Waals surface area contributed by atoms with Crippen molar-refractivity contribution in [2.75, 3.05) is 26.0 Å². The summed E-state index contributed by atoms with van der Waals surface area (Å²) in [5, 5.41) is 3.92. The number of nitrogens with one attached hydrogen (secondary N) is 1. The number of aromatic nitrogens is 2. The Morgan fingerprint density at radius 2 is 1.94 bits per heavy atom. The van der Waals surface area contributed by atoms with E-state index in [-0.39, 0.29) is 0 Å². The maximum atomic E-state index is 6.11. The number of likely N-dealkylation sites (N-methyl/N-ethyl adjacent to an activating group) is 1. The highest BCUT2D eigenvalue weighted by Crippen LogP contribution is 2.28. The molecule has 0 fully saturated rings. The molecule has 1 atom stereocenters. The van der Waals surface area contributed by atoms with Gasteiger partial charge in [0.15, 0.2) is 0 Å². The molecule has 1 heterocycles. The number of hydrogen-bond donors (Lipinski definition) is 1. The molecule has 0 spiro atoms. The van der Waals surface area contributed by atoms with Crippen LogP contribution >= 0.6 is 11.6 Å². The Labute approximate surface area is 108 Å². The van der Waals surface area contributed by atoms with Crippen LogP contribution in [0.3, 0.4) is 0 Å². The van der Waals surface area contributed by atoms with E-state index in [1.54, 1.807) is 0 Å². The minimum absolute atomic E-state index is 0.303. The summed E-state index contributed by atoms with van der Waals surface area (Å²) in [7, 11) is 4.10. The molecule has 0 amide bonds. The molecule has 0 radical (unpaired) electrons. The number of hydrogen-bond acceptors (Lipinski definition) is 4. The van der Waals surface area contributed by atoms with Gasteiger partial charge in [-0.3, -0.25) is 0 Å². The largest absolute Gasteiger partial charge is 0.366 e. The first-order valence-corrected chi connectivity index (χ1v) is 6.21. The topological polar surface area (TPSA) is 41.0 Å². The Morgan fingerprint density at radius 3 is 2.47 bits per heavy atom. The average molecular weight is 257 g/mol. The first-order chi connectivity index (χ1) is 7.91. The molecule has 0 aliphatic rings. The second kappa shape index (κ2) is 6.17. The van der Waals surface area contributed by atoms with Crippen molar-refractivity contribution >= 4 is 17.4 Å². The summed E-state index contributed by atoms with van der Waals surface area (Å²) in [5.41, 5.74) is 0.986. The number of nitrogens with zero attached hydrogens (tertiary/aromatic N) is 3. The Balaban J connectivity index is 2.87. The maximum absolute atomic E-state index is 6.11. The van der Waals surface area contributed by atoms with Gasteiger partial charge in [0.1, 0.15) is 17.3 Å². The molecule has 17 heavy (non-hydrogen) atoms. The second-order valence-electron chi connectivity index (χ2n) is 4.89. The second-order valence-corrected chi connectivity index (χ2v) is 5.25. The van der Waals surface area contributed by atoms with Crippen LogP contribution < -0.4 is 5.32 Å². The zero-order valence-corrected chi connectivity index (χ0v) is 11.9. The summed E-state index contributed by atoms with van der Waals surface area (Å²) < 4.78 is 0. The van der Waals surface area contributed by atoms with Gasteiger partial charge in [-0.1, -0.05) is 25.4 Å². The van der Waals surface area contributed by atoms with Crippen LogP contribution in [0.15, 0.2) is 6.33 Å². The third kappa shape index (κ3) is 4.13. The van der Waals surface area contributed by atoms with Gasteiger partial charge in [-0.25, -0.2) is 9.97 Å². The van der Waals surface area contributed by atoms with Crippen molar-refractivity contribution in [3.05, 3.63) is 17.0 Å². The molecule has 5 heteroatoms. The van der Waals surface area contributed by atoms with Gasteiger partial charge < -0.3 is 10.2 Å². The first-order valence-electron chi connectivity index (χ1n) is 5.83. The molecular formula is C12H21ClN4. The lowest BCUT2D eigenvalue weighted by molar-refractivity contribution is 0.391. The molecule has 0 saturated carbocycles. The van der Waals surface area contributed by atoms with Crippen molar-refractivity contribution in [2.24, 2.45) is 0 Å². The molecular weight excluding hydrogens is 236 g/mol. The van der Waals surface area contributed by atoms with Crippen LogP contribution in [-0.2, 0) is 0 Å². The minimum atomic E-state index is 0.303. The number of halogens is 1. The summed E-state index contributed by atoms with van der Waals surface area (Å²) in [6.45, 7) is 7.25. The van der Waals surface area contributed by atoms with Gasteiger partial charge in [0.05, 0.1) is 0 Å². The summed E-state index contributed by atoms with van der Waals surface area (Å²) in [4.78, 5) is 10.5. The standard InChI is InChI=1S/C12H21ClN4/c1-8(2)10-11(13)14-7-15-12(10)16-9(3)6-17(4)5/h7-9H,6H2,1-5H3,(H,14,15,16). The quantitative estimate of drug-likeness (QED) is 0.823. The predicted molar refractivity (Wildman–Crippen MR) is 72.8 cm³/mol. The van der Waals surface area contributed by atoms with Gasteiger partial charge in [-0.2, -0.15) is 0 Å². The molecule has 0 aliphatic carbocycles. The third-order valence-corrected chi connectivity index (χ3v) is 2.74. The molecule has 1 N–H and O–H groups in total. The van der Waals surface area contributed by atoms with Crippen LogP contribution in [-0.4, -0.2) is 41.5 Å². The normalized spacial score (nSPS) is 13.2. The van der Waals surface area contributed by atoms with Gasteiger partial charge in [-0.05, 0) is 26.9 Å². The van der Waals surface area contributed by atoms with Gasteiger partial charge in [0.25, 0.3) is 0 Å². The Hall–Kier alpha value is -0.870. The Bertz CT molecular complexity index is 366. The smallest absolute Gasteiger partial charge is 0.138 e. The molecule has 0 aromatic carbocycles. The van der Waals surface area contributed by atoms with Gasteiger partial charge >= 0.3 is 0 Å². The molecule has 1 unspecified atom stereocenters. The molecule has 4 nitrogen and oxygen atoms in total. The van der Waals surface area contributed by atoms with E-state index in [2.05, 4.69) is 55.1 Å². The van der Waals surface area contributed by atoms with Crippen molar-refractivity contribution in [2.45, 2.75) is 32.7 Å². The van der Waals surface area contributed by atoms with E-state index >= 15 is 0 Å². The highest BCUT2D eigenvalue weighted by atomic mass is 35.5. The molecule has 96 valence electrons. The number of anilines is 1. The van der Waals surface area contributed by atoms with Crippen LogP contribution in [0.2, 0.25) is 5.15 Å². The molecule has 1 rings (SSSR count). The van der Waals surface area contributed by atoms with Crippen LogP contribution in [0.4, 0.5) is 5.82 Å². The van der Waals surface area contributed by atoms with Crippen molar-refractivity contribution < 1.29 is 0 Å². The molecule has 1 aromatic rings. The van der Waals surface area contributed by atoms with E-state index in [1.807, 2.05) is 0 Å². The summed E-state index contributed by atoms with van der Waals surface area (Å²) in [6.07, 6.45) is 1.50. The fourth-order valence-corrected chi connectivity index (χ4v) is 2.18. The number of rotatable bonds is 5. The van der Waals surface area contributed by atoms with Gasteiger partial charge in [-0.15, -0.1) is 0 Å². The Kier molecular flexibility index (Phi) is 5.15. The third-order valence-electron chi connectivity index (χ3n) is 2.43. The van der Waals surface area contributed by atoms with Crippen LogP contribution in [0.1, 0.15) is 32.3 Å². The molecule has 0 bridgehead atoms. The van der Waals surface area contributed by atoms with Gasteiger partial charge in [0, 0.05) is 18.2 Å². The average Bonchev–Trinajstić information content (AvgIpc) is 2.15. The molecule has 0 aliphatic heterocycles. The van der Waals surface area contributed by atoms with E-state index in [1.165, 1.54) is 6.33 Å². The highest BCUT2D eigenvalue weighted by Gasteiger charge is 2.15. The lowest BCUT2D eigenvalue weighted by Gasteiger charge is -2.21. The summed E-state index contributed by atoms with van der Waals surface area (Å²) >= 11 is 6.11. The van der Waals surface area contributed by atoms with Crippen LogP contribution in [0.25, 0.3) is 0 Å². The highest BCUT2D eigenvalue weighted by molar-refractivity contribution is 6.30. The van der Waals surface area contributed by atoms with Crippen molar-refractivity contribution in [1.82, 2.24) is 14.9 Å². The fourth-order valence-electron chi connectivity index (χ4n) is 1.83. The van der Waals surface area contributed by atoms with E-state index in [9.17, 15) is 0 Å². The van der Waals surface area contributed by atoms with E-state index in [0.717, 1.165) is 17.9 Å². The SMILES string of the molecule is CC(CN(C)C)Nc1ncnc(Cl)c1C(C)C. The maximum Gasteiger partial charge on any atom is 0.138 e. The van der Waals surface area contributed by atoms with E-state index in [4.69, 9.17) is 11.6 Å². The van der Waals surface area contributed by atoms with Gasteiger partial charge in [0.2, 0.25) is 0 Å². The van der Waals surface area contributed by atoms with Crippen molar-refractivity contribution in [3.63, 3.8) is 0 Å². The van der Waals surface area contributed by atoms with Crippen molar-refractivity contribution in [1.29, 1.82) is 0 Å². The zero-order valence-electron chi connectivity index (χ0n) is 11.2. The Morgan fingerprint density at radius 1 is 1.29 bits per heavy atom. The minimum Gasteiger partial charge on any atom is -0.366 e. The fraction of sp³-hybridized carbons (Fsp3) is 0.667. The summed E-state index contributed by atoms with van der Waals surface area (Å²) in [6, 6.07) is 0.313. The molecule has 0 saturated heterocycles. The van der Waals surface area contributed by atoms with Crippen LogP contribution in [0.5, 0.6) is 0 Å². The van der Waals surface area contributed by atoms with E-state index < -0.39 is 0 Å². The first kappa shape index (κ1) is 14.2. The summed E-state index contributed by atoms with van der Waals surface area (Å²) in [5.74, 6) is 1.15. The van der Waals surface area contributed by atoms with E-state index in [0.29, 0.717) is 17.1 Å². The lowest BCUT2D eigenvalue weighted by Crippen LogP contribution is -2.30. The zero-order chi connectivity index (χ0) is 13.0. The lowest BCUT2D eigenvalue weighted by atomic mass is 10.1. The van der Waals surface area contributed by atoms with Crippen molar-refractivity contribution in [3.8, 4) is 0 Å². The van der Waals surface area contributed by atoms with Crippen LogP contribution in [0, 0.1) is 0 Å².